The van der Waals surface area contributed by atoms with Crippen molar-refractivity contribution in [1.82, 2.24) is 19.3 Å². The molecule has 158 valence electrons. The van der Waals surface area contributed by atoms with Crippen LogP contribution in [0.4, 0.5) is 5.82 Å². The molecule has 0 bridgehead atoms. The maximum absolute atomic E-state index is 10.7. The molecule has 0 saturated carbocycles. The summed E-state index contributed by atoms with van der Waals surface area (Å²) >= 11 is -2.40. The average molecular weight is 428 g/mol. The Morgan fingerprint density at radius 3 is 3.03 bits per heavy atom. The Bertz CT molecular complexity index is 1090. The Morgan fingerprint density at radius 1 is 1.30 bits per heavy atom. The van der Waals surface area contributed by atoms with Crippen molar-refractivity contribution in [3.05, 3.63) is 54.0 Å². The van der Waals surface area contributed by atoms with Gasteiger partial charge in [-0.3, -0.25) is 4.21 Å². The monoisotopic (exact) mass is 428 g/mol. The van der Waals surface area contributed by atoms with E-state index in [0.29, 0.717) is 12.1 Å². The lowest BCUT2D eigenvalue weighted by molar-refractivity contribution is -0.0131. The van der Waals surface area contributed by atoms with Crippen LogP contribution < -0.4 is 10.0 Å². The van der Waals surface area contributed by atoms with Gasteiger partial charge in [0.05, 0.1) is 23.6 Å². The van der Waals surface area contributed by atoms with Crippen LogP contribution in [0.15, 0.2) is 42.9 Å². The number of anilines is 1. The summed E-state index contributed by atoms with van der Waals surface area (Å²) in [5, 5.41) is 14.7. The molecule has 2 aliphatic rings. The summed E-state index contributed by atoms with van der Waals surface area (Å²) in [6.45, 7) is 0.0237. The summed E-state index contributed by atoms with van der Waals surface area (Å²) in [6.07, 6.45) is 3.99. The van der Waals surface area contributed by atoms with Gasteiger partial charge in [-0.05, 0) is 30.0 Å². The van der Waals surface area contributed by atoms with Crippen LogP contribution in [0.2, 0.25) is 0 Å². The van der Waals surface area contributed by atoms with Gasteiger partial charge in [-0.2, -0.15) is 0 Å². The number of aliphatic hydroxyl groups is 1. The summed E-state index contributed by atoms with van der Waals surface area (Å²) in [5.41, 5.74) is 3.37. The molecule has 1 aliphatic heterocycles. The van der Waals surface area contributed by atoms with E-state index in [-0.39, 0.29) is 12.6 Å². The van der Waals surface area contributed by atoms with Crippen molar-refractivity contribution in [1.29, 1.82) is 0 Å². The molecule has 3 heterocycles. The molecule has 1 aromatic carbocycles. The largest absolute Gasteiger partial charge is 0.760 e. The van der Waals surface area contributed by atoms with Gasteiger partial charge >= 0.3 is 0 Å². The van der Waals surface area contributed by atoms with Crippen LogP contribution >= 0.6 is 0 Å². The summed E-state index contributed by atoms with van der Waals surface area (Å²) < 4.78 is 31.5. The SMILES string of the molecule is O=S([O-])NC[C@@H]1O[C@@H](n2ccc3c(N[C@H]4CCc5ccccc54)ncnc32)C[C@@H]1O. The van der Waals surface area contributed by atoms with E-state index in [1.54, 1.807) is 0 Å². The first-order chi connectivity index (χ1) is 14.6. The van der Waals surface area contributed by atoms with E-state index < -0.39 is 29.7 Å². The first kappa shape index (κ1) is 19.6. The second kappa shape index (κ2) is 8.05. The van der Waals surface area contributed by atoms with Crippen LogP contribution in [0.1, 0.15) is 36.2 Å². The Kier molecular flexibility index (Phi) is 5.25. The van der Waals surface area contributed by atoms with E-state index in [2.05, 4.69) is 44.3 Å². The van der Waals surface area contributed by atoms with Gasteiger partial charge in [-0.25, -0.2) is 14.7 Å². The van der Waals surface area contributed by atoms with Gasteiger partial charge in [0.25, 0.3) is 0 Å². The number of ether oxygens (including phenoxy) is 1. The van der Waals surface area contributed by atoms with Crippen LogP contribution in [0.5, 0.6) is 0 Å². The van der Waals surface area contributed by atoms with Crippen LogP contribution in [-0.2, 0) is 22.4 Å². The zero-order valence-corrected chi connectivity index (χ0v) is 16.9. The van der Waals surface area contributed by atoms with Gasteiger partial charge in [-0.1, -0.05) is 24.3 Å². The Morgan fingerprint density at radius 2 is 2.17 bits per heavy atom. The highest BCUT2D eigenvalue weighted by Gasteiger charge is 2.35. The summed E-state index contributed by atoms with van der Waals surface area (Å²) in [4.78, 5) is 8.88. The zero-order valence-electron chi connectivity index (χ0n) is 16.1. The summed E-state index contributed by atoms with van der Waals surface area (Å²) in [7, 11) is 0. The second-order valence-electron chi connectivity index (χ2n) is 7.63. The number of nitrogens with zero attached hydrogens (tertiary/aromatic N) is 3. The summed E-state index contributed by atoms with van der Waals surface area (Å²) in [6, 6.07) is 10.6. The molecule has 0 amide bonds. The average Bonchev–Trinajstić information content (AvgIpc) is 3.44. The van der Waals surface area contributed by atoms with E-state index in [1.165, 1.54) is 17.5 Å². The molecule has 30 heavy (non-hydrogen) atoms. The lowest BCUT2D eigenvalue weighted by Crippen LogP contribution is -2.34. The normalized spacial score (nSPS) is 26.7. The second-order valence-corrected chi connectivity index (χ2v) is 8.39. The number of aromatic nitrogens is 3. The zero-order chi connectivity index (χ0) is 20.7. The Hall–Kier alpha value is -2.37. The fourth-order valence-corrected chi connectivity index (χ4v) is 4.71. The first-order valence-electron chi connectivity index (χ1n) is 9.92. The van der Waals surface area contributed by atoms with Gasteiger partial charge in [0.15, 0.2) is 0 Å². The minimum atomic E-state index is -2.40. The van der Waals surface area contributed by atoms with Gasteiger partial charge in [0, 0.05) is 30.4 Å². The van der Waals surface area contributed by atoms with Crippen molar-refractivity contribution < 1.29 is 18.6 Å². The highest BCUT2D eigenvalue weighted by Crippen LogP contribution is 2.36. The van der Waals surface area contributed by atoms with Crippen molar-refractivity contribution in [2.45, 2.75) is 43.7 Å². The van der Waals surface area contributed by atoms with Gasteiger partial charge in [0.1, 0.15) is 24.0 Å². The van der Waals surface area contributed by atoms with Crippen molar-refractivity contribution in [3.8, 4) is 0 Å². The minimum Gasteiger partial charge on any atom is -0.760 e. The third kappa shape index (κ3) is 3.61. The molecule has 1 aliphatic carbocycles. The van der Waals surface area contributed by atoms with Crippen molar-refractivity contribution >= 4 is 28.1 Å². The molecule has 1 unspecified atom stereocenters. The predicted octanol–water partition coefficient (Wildman–Crippen LogP) is 1.56. The van der Waals surface area contributed by atoms with Crippen LogP contribution in [-0.4, -0.2) is 47.2 Å². The third-order valence-corrected chi connectivity index (χ3v) is 6.27. The number of hydrogen-bond donors (Lipinski definition) is 3. The number of aryl methyl sites for hydroxylation is 1. The number of benzene rings is 1. The minimum absolute atomic E-state index is 0.0237. The topological polar surface area (TPSA) is 124 Å². The van der Waals surface area contributed by atoms with Gasteiger partial charge in [-0.15, -0.1) is 0 Å². The van der Waals surface area contributed by atoms with Crippen LogP contribution in [0.3, 0.4) is 0 Å². The molecule has 3 aromatic rings. The summed E-state index contributed by atoms with van der Waals surface area (Å²) in [5.74, 6) is 0.763. The quantitative estimate of drug-likeness (QED) is 0.509. The van der Waals surface area contributed by atoms with Crippen molar-refractivity contribution in [2.75, 3.05) is 11.9 Å². The fourth-order valence-electron chi connectivity index (χ4n) is 4.41. The van der Waals surface area contributed by atoms with E-state index in [1.807, 2.05) is 16.8 Å². The molecule has 0 radical (unpaired) electrons. The van der Waals surface area contributed by atoms with E-state index >= 15 is 0 Å². The van der Waals surface area contributed by atoms with Crippen LogP contribution in [0.25, 0.3) is 11.0 Å². The van der Waals surface area contributed by atoms with Crippen LogP contribution in [0, 0.1) is 0 Å². The van der Waals surface area contributed by atoms with E-state index in [0.717, 1.165) is 24.0 Å². The van der Waals surface area contributed by atoms with Crippen molar-refractivity contribution in [3.63, 3.8) is 0 Å². The molecule has 0 spiro atoms. The molecule has 1 fully saturated rings. The van der Waals surface area contributed by atoms with Gasteiger partial charge in [0.2, 0.25) is 0 Å². The molecular formula is C20H22N5O4S-. The molecule has 3 N–H and O–H groups in total. The fraction of sp³-hybridized carbons (Fsp3) is 0.400. The number of aliphatic hydroxyl groups excluding tert-OH is 1. The Balaban J connectivity index is 1.38. The number of fused-ring (bicyclic) bond motifs is 2. The molecule has 9 nitrogen and oxygen atoms in total. The highest BCUT2D eigenvalue weighted by atomic mass is 32.2. The highest BCUT2D eigenvalue weighted by molar-refractivity contribution is 7.77. The predicted molar refractivity (Wildman–Crippen MR) is 110 cm³/mol. The van der Waals surface area contributed by atoms with Crippen molar-refractivity contribution in [2.24, 2.45) is 0 Å². The lowest BCUT2D eigenvalue weighted by atomic mass is 10.1. The smallest absolute Gasteiger partial charge is 0.147 e. The first-order valence-corrected chi connectivity index (χ1v) is 11.0. The number of rotatable bonds is 6. The molecule has 5 rings (SSSR count). The Labute approximate surface area is 175 Å². The maximum atomic E-state index is 10.7. The molecule has 2 aromatic heterocycles. The molecule has 10 heteroatoms. The van der Waals surface area contributed by atoms with Gasteiger partial charge < -0.3 is 24.3 Å². The molecular weight excluding hydrogens is 406 g/mol. The molecule has 5 atom stereocenters. The molecule has 1 saturated heterocycles. The number of hydrogen-bond acceptors (Lipinski definition) is 7. The van der Waals surface area contributed by atoms with E-state index in [9.17, 15) is 13.9 Å². The number of nitrogens with one attached hydrogen (secondary N) is 2. The standard InChI is InChI=1S/C20H23N5O4S/c26-16-9-18(29-17(16)10-23-30(27)28)25-8-7-14-19(21-11-22-20(14)25)24-15-6-5-12-3-1-2-4-13(12)15/h1-4,7-8,11,15-18,23,26H,5-6,9-10H2,(H,27,28)(H,21,22,24)/p-1/t15-,16-,17-,18+/m0/s1. The third-order valence-electron chi connectivity index (χ3n) is 5.87. The lowest BCUT2D eigenvalue weighted by Gasteiger charge is -2.18. The van der Waals surface area contributed by atoms with E-state index in [4.69, 9.17) is 4.74 Å². The maximum Gasteiger partial charge on any atom is 0.147 e.